The van der Waals surface area contributed by atoms with E-state index < -0.39 is 5.60 Å². The van der Waals surface area contributed by atoms with E-state index in [1.807, 2.05) is 32.3 Å². The Bertz CT molecular complexity index is 1570. The fourth-order valence-corrected chi connectivity index (χ4v) is 5.34. The molecule has 5 aromatic rings. The Balaban J connectivity index is 1.66. The minimum atomic E-state index is -0.835. The maximum atomic E-state index is 7.09. The number of nitrogens with one attached hydrogen (secondary N) is 1. The fourth-order valence-electron chi connectivity index (χ4n) is 5.34. The summed E-state index contributed by atoms with van der Waals surface area (Å²) in [5.41, 5.74) is 6.66. The van der Waals surface area contributed by atoms with Crippen LogP contribution in [0.4, 0.5) is 5.69 Å². The number of aromatic amines is 1. The SMILES string of the molecule is CN(C)c1ccc2c(c1)Oc1ccccc1C21Oc2ccccc2-c2[nH]c3ccccc3c21. The first kappa shape index (κ1) is 18.4. The zero-order chi connectivity index (χ0) is 22.2. The highest BCUT2D eigenvalue weighted by molar-refractivity contribution is 5.96. The monoisotopic (exact) mass is 430 g/mol. The second kappa shape index (κ2) is 6.42. The number of para-hydroxylation sites is 3. The number of ether oxygens (including phenoxy) is 2. The summed E-state index contributed by atoms with van der Waals surface area (Å²) in [6, 6.07) is 31.3. The summed E-state index contributed by atoms with van der Waals surface area (Å²) >= 11 is 0. The van der Waals surface area contributed by atoms with Crippen LogP contribution < -0.4 is 14.4 Å². The molecule has 0 radical (unpaired) electrons. The third-order valence-corrected chi connectivity index (χ3v) is 6.82. The van der Waals surface area contributed by atoms with E-state index in [0.717, 1.165) is 61.8 Å². The molecule has 2 aliphatic heterocycles. The van der Waals surface area contributed by atoms with Crippen molar-refractivity contribution in [3.05, 3.63) is 108 Å². The molecule has 0 saturated heterocycles. The quantitative estimate of drug-likeness (QED) is 0.322. The molecule has 0 saturated carbocycles. The van der Waals surface area contributed by atoms with Crippen molar-refractivity contribution in [1.82, 2.24) is 4.98 Å². The molecule has 0 fully saturated rings. The van der Waals surface area contributed by atoms with Crippen LogP contribution in [-0.2, 0) is 5.60 Å². The number of fused-ring (bicyclic) bond motifs is 10. The molecule has 2 aliphatic rings. The second-order valence-electron chi connectivity index (χ2n) is 8.87. The van der Waals surface area contributed by atoms with Gasteiger partial charge < -0.3 is 19.4 Å². The first-order valence-corrected chi connectivity index (χ1v) is 11.2. The Morgan fingerprint density at radius 3 is 2.33 bits per heavy atom. The van der Waals surface area contributed by atoms with Gasteiger partial charge in [-0.2, -0.15) is 0 Å². The van der Waals surface area contributed by atoms with E-state index in [1.165, 1.54) is 0 Å². The summed E-state index contributed by atoms with van der Waals surface area (Å²) in [6.07, 6.45) is 0. The molecule has 4 nitrogen and oxygen atoms in total. The molecule has 33 heavy (non-hydrogen) atoms. The first-order valence-electron chi connectivity index (χ1n) is 11.2. The van der Waals surface area contributed by atoms with Gasteiger partial charge in [-0.25, -0.2) is 0 Å². The number of H-pyrrole nitrogens is 1. The fraction of sp³-hybridized carbons (Fsp3) is 0.103. The normalized spacial score (nSPS) is 17.4. The van der Waals surface area contributed by atoms with Gasteiger partial charge in [0.2, 0.25) is 0 Å². The van der Waals surface area contributed by atoms with Gasteiger partial charge in [0.15, 0.2) is 5.60 Å². The summed E-state index contributed by atoms with van der Waals surface area (Å²) in [7, 11) is 4.08. The zero-order valence-corrected chi connectivity index (χ0v) is 18.4. The van der Waals surface area contributed by atoms with E-state index in [4.69, 9.17) is 9.47 Å². The maximum absolute atomic E-state index is 7.09. The van der Waals surface area contributed by atoms with Crippen molar-refractivity contribution >= 4 is 16.6 Å². The number of hydrogen-bond donors (Lipinski definition) is 1. The third kappa shape index (κ3) is 2.35. The van der Waals surface area contributed by atoms with E-state index in [2.05, 4.69) is 82.7 Å². The van der Waals surface area contributed by atoms with Crippen molar-refractivity contribution in [2.24, 2.45) is 0 Å². The van der Waals surface area contributed by atoms with E-state index in [0.29, 0.717) is 0 Å². The molecule has 1 aromatic heterocycles. The number of anilines is 1. The molecular weight excluding hydrogens is 408 g/mol. The van der Waals surface area contributed by atoms with E-state index in [9.17, 15) is 0 Å². The van der Waals surface area contributed by atoms with Crippen LogP contribution in [0.1, 0.15) is 16.7 Å². The Hall–Kier alpha value is -4.18. The Labute approximate surface area is 192 Å². The molecule has 1 N–H and O–H groups in total. The van der Waals surface area contributed by atoms with Crippen molar-refractivity contribution in [2.45, 2.75) is 5.60 Å². The molecule has 4 aromatic carbocycles. The van der Waals surface area contributed by atoms with Crippen molar-refractivity contribution in [3.63, 3.8) is 0 Å². The predicted molar refractivity (Wildman–Crippen MR) is 132 cm³/mol. The summed E-state index contributed by atoms with van der Waals surface area (Å²) in [5.74, 6) is 2.49. The minimum absolute atomic E-state index is 0.815. The van der Waals surface area contributed by atoms with Gasteiger partial charge in [-0.05, 0) is 36.4 Å². The Morgan fingerprint density at radius 2 is 1.45 bits per heavy atom. The van der Waals surface area contributed by atoms with Gasteiger partial charge in [0.25, 0.3) is 0 Å². The highest BCUT2D eigenvalue weighted by Crippen LogP contribution is 2.59. The van der Waals surface area contributed by atoms with Crippen LogP contribution in [0.3, 0.4) is 0 Å². The van der Waals surface area contributed by atoms with E-state index in [1.54, 1.807) is 0 Å². The average molecular weight is 431 g/mol. The molecule has 1 spiro atoms. The van der Waals surface area contributed by atoms with Crippen LogP contribution in [0.2, 0.25) is 0 Å². The lowest BCUT2D eigenvalue weighted by Gasteiger charge is -2.43. The van der Waals surface area contributed by atoms with Crippen molar-refractivity contribution in [1.29, 1.82) is 0 Å². The van der Waals surface area contributed by atoms with Crippen LogP contribution >= 0.6 is 0 Å². The predicted octanol–water partition coefficient (Wildman–Crippen LogP) is 6.69. The second-order valence-corrected chi connectivity index (χ2v) is 8.87. The highest BCUT2D eigenvalue weighted by Gasteiger charge is 2.51. The van der Waals surface area contributed by atoms with Crippen LogP contribution in [0, 0.1) is 0 Å². The average Bonchev–Trinajstić information content (AvgIpc) is 3.24. The molecule has 4 heteroatoms. The zero-order valence-electron chi connectivity index (χ0n) is 18.4. The van der Waals surface area contributed by atoms with Crippen molar-refractivity contribution in [2.75, 3.05) is 19.0 Å². The molecular formula is C29H22N2O2. The summed E-state index contributed by atoms with van der Waals surface area (Å²) < 4.78 is 13.6. The number of benzene rings is 4. The number of aromatic nitrogens is 1. The van der Waals surface area contributed by atoms with E-state index in [-0.39, 0.29) is 0 Å². The van der Waals surface area contributed by atoms with Gasteiger partial charge in [-0.1, -0.05) is 48.5 Å². The lowest BCUT2D eigenvalue weighted by atomic mass is 9.74. The lowest BCUT2D eigenvalue weighted by molar-refractivity contribution is 0.139. The molecule has 0 amide bonds. The van der Waals surface area contributed by atoms with E-state index >= 15 is 0 Å². The van der Waals surface area contributed by atoms with Gasteiger partial charge in [0, 0.05) is 59.0 Å². The standard InChI is InChI=1S/C29H22N2O2/c1-31(2)18-15-16-22-26(17-18)32-25-14-8-5-11-21(25)29(22)27-19-9-3-6-12-23(19)30-28(27)20-10-4-7-13-24(20)33-29/h3-17,30H,1-2H3. The molecule has 7 rings (SSSR count). The molecule has 1 unspecified atom stereocenters. The van der Waals surface area contributed by atoms with Gasteiger partial charge in [-0.15, -0.1) is 0 Å². The highest BCUT2D eigenvalue weighted by atomic mass is 16.5. The van der Waals surface area contributed by atoms with Gasteiger partial charge in [0.05, 0.1) is 5.69 Å². The van der Waals surface area contributed by atoms with Crippen molar-refractivity contribution < 1.29 is 9.47 Å². The van der Waals surface area contributed by atoms with Gasteiger partial charge in [0.1, 0.15) is 17.2 Å². The van der Waals surface area contributed by atoms with Gasteiger partial charge >= 0.3 is 0 Å². The number of nitrogens with zero attached hydrogens (tertiary/aromatic N) is 1. The molecule has 160 valence electrons. The summed E-state index contributed by atoms with van der Waals surface area (Å²) in [4.78, 5) is 5.79. The maximum Gasteiger partial charge on any atom is 0.194 e. The summed E-state index contributed by atoms with van der Waals surface area (Å²) in [6.45, 7) is 0. The van der Waals surface area contributed by atoms with Crippen LogP contribution in [-0.4, -0.2) is 19.1 Å². The largest absolute Gasteiger partial charge is 0.472 e. The molecule has 1 atom stereocenters. The number of hydrogen-bond acceptors (Lipinski definition) is 3. The van der Waals surface area contributed by atoms with Crippen LogP contribution in [0.5, 0.6) is 17.2 Å². The topological polar surface area (TPSA) is 37.5 Å². The smallest absolute Gasteiger partial charge is 0.194 e. The van der Waals surface area contributed by atoms with Crippen LogP contribution in [0.25, 0.3) is 22.2 Å². The van der Waals surface area contributed by atoms with Crippen molar-refractivity contribution in [3.8, 4) is 28.5 Å². The third-order valence-electron chi connectivity index (χ3n) is 6.82. The molecule has 3 heterocycles. The van der Waals surface area contributed by atoms with Crippen LogP contribution in [0.15, 0.2) is 91.0 Å². The summed E-state index contributed by atoms with van der Waals surface area (Å²) in [5, 5.41) is 1.15. The lowest BCUT2D eigenvalue weighted by Crippen LogP contribution is -2.40. The minimum Gasteiger partial charge on any atom is -0.472 e. The Kier molecular flexibility index (Phi) is 3.58. The molecule has 0 aliphatic carbocycles. The first-order chi connectivity index (χ1) is 16.2. The molecule has 0 bridgehead atoms. The number of rotatable bonds is 1. The van der Waals surface area contributed by atoms with Gasteiger partial charge in [-0.3, -0.25) is 0 Å². The Morgan fingerprint density at radius 1 is 0.727 bits per heavy atom.